The zero-order valence-corrected chi connectivity index (χ0v) is 6.07. The third-order valence-corrected chi connectivity index (χ3v) is 1.55. The maximum atomic E-state index is 9.32. The molecule has 0 saturated carbocycles. The zero-order valence-electron chi connectivity index (χ0n) is 6.07. The minimum atomic E-state index is -0.408. The Labute approximate surface area is 51.7 Å². The van der Waals surface area contributed by atoms with Crippen LogP contribution in [0.15, 0.2) is 0 Å². The van der Waals surface area contributed by atoms with Gasteiger partial charge in [-0.05, 0) is 19.8 Å². The van der Waals surface area contributed by atoms with E-state index in [0.717, 1.165) is 19.3 Å². The van der Waals surface area contributed by atoms with Crippen LogP contribution in [0.25, 0.3) is 0 Å². The number of hydrogen-bond donors (Lipinski definition) is 1. The first kappa shape index (κ1) is 7.96. The van der Waals surface area contributed by atoms with E-state index in [9.17, 15) is 5.11 Å². The van der Waals surface area contributed by atoms with Crippen LogP contribution in [0.3, 0.4) is 0 Å². The second kappa shape index (κ2) is 3.08. The van der Waals surface area contributed by atoms with Crippen LogP contribution in [0.1, 0.15) is 40.0 Å². The molecule has 0 aliphatic heterocycles. The SMILES string of the molecule is CCC[C@@](C)(O)CC. The van der Waals surface area contributed by atoms with Crippen molar-refractivity contribution in [2.75, 3.05) is 0 Å². The van der Waals surface area contributed by atoms with Crippen LogP contribution in [0.4, 0.5) is 0 Å². The molecular formula is C7H16O. The molecule has 0 saturated heterocycles. The molecule has 0 aliphatic carbocycles. The van der Waals surface area contributed by atoms with Gasteiger partial charge in [0.15, 0.2) is 0 Å². The molecule has 0 unspecified atom stereocenters. The molecule has 0 heterocycles. The first-order valence-corrected chi connectivity index (χ1v) is 3.34. The first-order chi connectivity index (χ1) is 3.62. The monoisotopic (exact) mass is 116 g/mol. The fraction of sp³-hybridized carbons (Fsp3) is 1.00. The highest BCUT2D eigenvalue weighted by molar-refractivity contribution is 4.67. The van der Waals surface area contributed by atoms with Crippen LogP contribution in [0.5, 0.6) is 0 Å². The van der Waals surface area contributed by atoms with E-state index in [1.807, 2.05) is 13.8 Å². The Kier molecular flexibility index (Phi) is 3.06. The van der Waals surface area contributed by atoms with Crippen molar-refractivity contribution in [1.29, 1.82) is 0 Å². The van der Waals surface area contributed by atoms with Crippen molar-refractivity contribution in [3.05, 3.63) is 0 Å². The molecule has 0 aromatic heterocycles. The maximum absolute atomic E-state index is 9.32. The Hall–Kier alpha value is -0.0400. The second-order valence-electron chi connectivity index (χ2n) is 2.60. The molecule has 0 bridgehead atoms. The molecule has 0 aromatic carbocycles. The summed E-state index contributed by atoms with van der Waals surface area (Å²) < 4.78 is 0. The van der Waals surface area contributed by atoms with Crippen LogP contribution in [0.2, 0.25) is 0 Å². The average molecular weight is 116 g/mol. The molecule has 1 heteroatoms. The molecule has 50 valence electrons. The van der Waals surface area contributed by atoms with E-state index < -0.39 is 5.60 Å². The Bertz CT molecular complexity index is 57.4. The molecule has 1 N–H and O–H groups in total. The van der Waals surface area contributed by atoms with Gasteiger partial charge in [0.2, 0.25) is 0 Å². The summed E-state index contributed by atoms with van der Waals surface area (Å²) in [5.74, 6) is 0. The van der Waals surface area contributed by atoms with Crippen LogP contribution in [-0.2, 0) is 0 Å². The van der Waals surface area contributed by atoms with E-state index in [1.165, 1.54) is 0 Å². The number of rotatable bonds is 3. The fourth-order valence-electron chi connectivity index (χ4n) is 0.715. The Morgan fingerprint density at radius 1 is 1.38 bits per heavy atom. The van der Waals surface area contributed by atoms with E-state index in [0.29, 0.717) is 0 Å². The lowest BCUT2D eigenvalue weighted by Gasteiger charge is -2.19. The average Bonchev–Trinajstić information content (AvgIpc) is 1.67. The summed E-state index contributed by atoms with van der Waals surface area (Å²) in [5, 5.41) is 9.32. The van der Waals surface area contributed by atoms with Gasteiger partial charge in [-0.1, -0.05) is 20.3 Å². The van der Waals surface area contributed by atoms with E-state index in [-0.39, 0.29) is 0 Å². The van der Waals surface area contributed by atoms with Crippen molar-refractivity contribution in [3.63, 3.8) is 0 Å². The summed E-state index contributed by atoms with van der Waals surface area (Å²) >= 11 is 0. The van der Waals surface area contributed by atoms with Gasteiger partial charge in [-0.15, -0.1) is 0 Å². The maximum Gasteiger partial charge on any atom is 0.0617 e. The van der Waals surface area contributed by atoms with Crippen LogP contribution >= 0.6 is 0 Å². The standard InChI is InChI=1S/C7H16O/c1-4-6-7(3,8)5-2/h8H,4-6H2,1-3H3/t7-/m0/s1. The van der Waals surface area contributed by atoms with E-state index in [1.54, 1.807) is 0 Å². The topological polar surface area (TPSA) is 20.2 Å². The van der Waals surface area contributed by atoms with Crippen molar-refractivity contribution < 1.29 is 5.11 Å². The van der Waals surface area contributed by atoms with E-state index in [4.69, 9.17) is 0 Å². The lowest BCUT2D eigenvalue weighted by atomic mass is 9.98. The quantitative estimate of drug-likeness (QED) is 0.597. The van der Waals surface area contributed by atoms with Gasteiger partial charge in [-0.25, -0.2) is 0 Å². The van der Waals surface area contributed by atoms with Crippen molar-refractivity contribution >= 4 is 0 Å². The summed E-state index contributed by atoms with van der Waals surface area (Å²) in [6.45, 7) is 5.98. The summed E-state index contributed by atoms with van der Waals surface area (Å²) in [7, 11) is 0. The summed E-state index contributed by atoms with van der Waals surface area (Å²) in [4.78, 5) is 0. The zero-order chi connectivity index (χ0) is 6.62. The lowest BCUT2D eigenvalue weighted by molar-refractivity contribution is 0.0463. The van der Waals surface area contributed by atoms with Crippen LogP contribution < -0.4 is 0 Å². The largest absolute Gasteiger partial charge is 0.390 e. The number of aliphatic hydroxyl groups is 1. The molecule has 0 radical (unpaired) electrons. The van der Waals surface area contributed by atoms with Gasteiger partial charge in [-0.2, -0.15) is 0 Å². The summed E-state index contributed by atoms with van der Waals surface area (Å²) in [5.41, 5.74) is -0.408. The predicted molar refractivity (Wildman–Crippen MR) is 35.8 cm³/mol. The smallest absolute Gasteiger partial charge is 0.0617 e. The molecule has 1 atom stereocenters. The fourth-order valence-corrected chi connectivity index (χ4v) is 0.715. The van der Waals surface area contributed by atoms with Gasteiger partial charge in [0.25, 0.3) is 0 Å². The predicted octanol–water partition coefficient (Wildman–Crippen LogP) is 1.95. The van der Waals surface area contributed by atoms with E-state index >= 15 is 0 Å². The Morgan fingerprint density at radius 2 is 1.88 bits per heavy atom. The van der Waals surface area contributed by atoms with Crippen LogP contribution in [0, 0.1) is 0 Å². The molecular weight excluding hydrogens is 100 g/mol. The third-order valence-electron chi connectivity index (χ3n) is 1.55. The van der Waals surface area contributed by atoms with Gasteiger partial charge >= 0.3 is 0 Å². The highest BCUT2D eigenvalue weighted by Crippen LogP contribution is 2.14. The first-order valence-electron chi connectivity index (χ1n) is 3.34. The Morgan fingerprint density at radius 3 is 2.00 bits per heavy atom. The molecule has 0 amide bonds. The van der Waals surface area contributed by atoms with Crippen molar-refractivity contribution in [2.45, 2.75) is 45.6 Å². The molecule has 0 aliphatic rings. The van der Waals surface area contributed by atoms with Gasteiger partial charge in [0.1, 0.15) is 0 Å². The summed E-state index contributed by atoms with van der Waals surface area (Å²) in [6.07, 6.45) is 2.85. The van der Waals surface area contributed by atoms with Gasteiger partial charge < -0.3 is 5.11 Å². The molecule has 0 fully saturated rings. The van der Waals surface area contributed by atoms with Crippen molar-refractivity contribution in [1.82, 2.24) is 0 Å². The highest BCUT2D eigenvalue weighted by Gasteiger charge is 2.14. The normalized spacial score (nSPS) is 18.0. The summed E-state index contributed by atoms with van der Waals surface area (Å²) in [6, 6.07) is 0. The van der Waals surface area contributed by atoms with Crippen molar-refractivity contribution in [2.24, 2.45) is 0 Å². The third kappa shape index (κ3) is 3.03. The molecule has 1 nitrogen and oxygen atoms in total. The second-order valence-corrected chi connectivity index (χ2v) is 2.60. The molecule has 0 spiro atoms. The molecule has 0 aromatic rings. The number of hydrogen-bond acceptors (Lipinski definition) is 1. The van der Waals surface area contributed by atoms with E-state index in [2.05, 4.69) is 6.92 Å². The van der Waals surface area contributed by atoms with Gasteiger partial charge in [-0.3, -0.25) is 0 Å². The highest BCUT2D eigenvalue weighted by atomic mass is 16.3. The van der Waals surface area contributed by atoms with Crippen LogP contribution in [-0.4, -0.2) is 10.7 Å². The molecule has 8 heavy (non-hydrogen) atoms. The minimum absolute atomic E-state index is 0.408. The van der Waals surface area contributed by atoms with Crippen molar-refractivity contribution in [3.8, 4) is 0 Å². The minimum Gasteiger partial charge on any atom is -0.390 e. The molecule has 0 rings (SSSR count). The van der Waals surface area contributed by atoms with Gasteiger partial charge in [0, 0.05) is 0 Å². The van der Waals surface area contributed by atoms with Gasteiger partial charge in [0.05, 0.1) is 5.60 Å². The lowest BCUT2D eigenvalue weighted by Crippen LogP contribution is -2.21. The Balaban J connectivity index is 3.37.